The van der Waals surface area contributed by atoms with E-state index in [-0.39, 0.29) is 11.9 Å². The van der Waals surface area contributed by atoms with Gasteiger partial charge in [-0.1, -0.05) is 20.8 Å². The molecule has 1 N–H and O–H groups in total. The number of ether oxygens (including phenoxy) is 1. The van der Waals surface area contributed by atoms with Gasteiger partial charge in [-0.05, 0) is 38.6 Å². The van der Waals surface area contributed by atoms with Gasteiger partial charge in [0.2, 0.25) is 0 Å². The zero-order valence-corrected chi connectivity index (χ0v) is 11.2. The molecule has 16 heavy (non-hydrogen) atoms. The van der Waals surface area contributed by atoms with E-state index in [0.717, 1.165) is 32.2 Å². The third kappa shape index (κ3) is 5.50. The monoisotopic (exact) mass is 229 g/mol. The predicted octanol–water partition coefficient (Wildman–Crippen LogP) is 2.74. The Morgan fingerprint density at radius 2 is 1.81 bits per heavy atom. The topological polar surface area (TPSA) is 38.3 Å². The molecular weight excluding hydrogens is 202 g/mol. The SMILES string of the molecule is CC.CCCNC1CCC(C(=O)OC)CC1. The molecule has 0 aliphatic heterocycles. The number of hydrogen-bond donors (Lipinski definition) is 1. The minimum absolute atomic E-state index is 0.0288. The molecule has 0 unspecified atom stereocenters. The number of methoxy groups -OCH3 is 1. The largest absolute Gasteiger partial charge is 0.469 e. The van der Waals surface area contributed by atoms with E-state index in [4.69, 9.17) is 4.74 Å². The molecule has 0 aromatic rings. The molecular formula is C13H27NO2. The van der Waals surface area contributed by atoms with Gasteiger partial charge in [0.1, 0.15) is 0 Å². The molecule has 0 amide bonds. The Morgan fingerprint density at radius 1 is 1.25 bits per heavy atom. The predicted molar refractivity (Wildman–Crippen MR) is 67.4 cm³/mol. The molecule has 0 radical (unpaired) electrons. The molecule has 1 fully saturated rings. The number of carbonyl (C=O) groups is 1. The van der Waals surface area contributed by atoms with E-state index in [0.29, 0.717) is 6.04 Å². The van der Waals surface area contributed by atoms with Gasteiger partial charge in [0.25, 0.3) is 0 Å². The van der Waals surface area contributed by atoms with Crippen molar-refractivity contribution < 1.29 is 9.53 Å². The summed E-state index contributed by atoms with van der Waals surface area (Å²) in [6.45, 7) is 7.26. The van der Waals surface area contributed by atoms with Gasteiger partial charge in [-0.2, -0.15) is 0 Å². The first-order chi connectivity index (χ1) is 7.77. The van der Waals surface area contributed by atoms with Crippen molar-refractivity contribution in [1.29, 1.82) is 0 Å². The Balaban J connectivity index is 0.00000106. The lowest BCUT2D eigenvalue weighted by Gasteiger charge is -2.27. The lowest BCUT2D eigenvalue weighted by Crippen LogP contribution is -2.35. The summed E-state index contributed by atoms with van der Waals surface area (Å²) in [4.78, 5) is 11.2. The molecule has 1 aliphatic carbocycles. The van der Waals surface area contributed by atoms with E-state index in [1.165, 1.54) is 13.5 Å². The van der Waals surface area contributed by atoms with E-state index in [1.807, 2.05) is 13.8 Å². The van der Waals surface area contributed by atoms with Crippen molar-refractivity contribution in [3.63, 3.8) is 0 Å². The summed E-state index contributed by atoms with van der Waals surface area (Å²) in [5.74, 6) is 0.124. The lowest BCUT2D eigenvalue weighted by atomic mass is 9.86. The second kappa shape index (κ2) is 9.64. The fourth-order valence-corrected chi connectivity index (χ4v) is 2.05. The number of hydrogen-bond acceptors (Lipinski definition) is 3. The van der Waals surface area contributed by atoms with Crippen LogP contribution in [-0.2, 0) is 9.53 Å². The minimum Gasteiger partial charge on any atom is -0.469 e. The highest BCUT2D eigenvalue weighted by molar-refractivity contribution is 5.72. The van der Waals surface area contributed by atoms with E-state index in [2.05, 4.69) is 12.2 Å². The van der Waals surface area contributed by atoms with Crippen molar-refractivity contribution in [3.8, 4) is 0 Å². The third-order valence-corrected chi connectivity index (χ3v) is 2.94. The molecule has 1 aliphatic rings. The standard InChI is InChI=1S/C11H21NO2.C2H6/c1-3-8-12-10-6-4-9(5-7-10)11(13)14-2;1-2/h9-10,12H,3-8H2,1-2H3;1-2H3. The Kier molecular flexibility index (Phi) is 9.30. The van der Waals surface area contributed by atoms with E-state index in [9.17, 15) is 4.79 Å². The normalized spacial score (nSPS) is 24.2. The molecule has 1 saturated carbocycles. The molecule has 3 nitrogen and oxygen atoms in total. The van der Waals surface area contributed by atoms with Gasteiger partial charge in [-0.25, -0.2) is 0 Å². The van der Waals surface area contributed by atoms with Crippen molar-refractivity contribution >= 4 is 5.97 Å². The van der Waals surface area contributed by atoms with Crippen LogP contribution in [0.2, 0.25) is 0 Å². The van der Waals surface area contributed by atoms with Gasteiger partial charge in [0.05, 0.1) is 13.0 Å². The van der Waals surface area contributed by atoms with E-state index < -0.39 is 0 Å². The van der Waals surface area contributed by atoms with Gasteiger partial charge < -0.3 is 10.1 Å². The first-order valence-corrected chi connectivity index (χ1v) is 6.59. The van der Waals surface area contributed by atoms with Crippen molar-refractivity contribution in [2.45, 2.75) is 58.9 Å². The van der Waals surface area contributed by atoms with Crippen LogP contribution >= 0.6 is 0 Å². The summed E-state index contributed by atoms with van der Waals surface area (Å²) in [5.41, 5.74) is 0. The van der Waals surface area contributed by atoms with Crippen molar-refractivity contribution in [2.75, 3.05) is 13.7 Å². The van der Waals surface area contributed by atoms with Gasteiger partial charge in [0, 0.05) is 6.04 Å². The summed E-state index contributed by atoms with van der Waals surface area (Å²) in [6.07, 6.45) is 5.36. The summed E-state index contributed by atoms with van der Waals surface area (Å²) >= 11 is 0. The smallest absolute Gasteiger partial charge is 0.308 e. The first-order valence-electron chi connectivity index (χ1n) is 6.59. The molecule has 0 bridgehead atoms. The highest BCUT2D eigenvalue weighted by atomic mass is 16.5. The van der Waals surface area contributed by atoms with Crippen LogP contribution in [0.5, 0.6) is 0 Å². The van der Waals surface area contributed by atoms with E-state index in [1.54, 1.807) is 0 Å². The van der Waals surface area contributed by atoms with Crippen molar-refractivity contribution in [3.05, 3.63) is 0 Å². The molecule has 0 spiro atoms. The van der Waals surface area contributed by atoms with Crippen LogP contribution in [0.4, 0.5) is 0 Å². The molecule has 0 aromatic carbocycles. The van der Waals surface area contributed by atoms with Gasteiger partial charge in [-0.3, -0.25) is 4.79 Å². The van der Waals surface area contributed by atoms with Crippen LogP contribution in [0.3, 0.4) is 0 Å². The van der Waals surface area contributed by atoms with Gasteiger partial charge in [0.15, 0.2) is 0 Å². The fourth-order valence-electron chi connectivity index (χ4n) is 2.05. The summed E-state index contributed by atoms with van der Waals surface area (Å²) in [7, 11) is 1.48. The van der Waals surface area contributed by atoms with Crippen molar-refractivity contribution in [2.24, 2.45) is 5.92 Å². The van der Waals surface area contributed by atoms with Crippen LogP contribution in [-0.4, -0.2) is 25.7 Å². The quantitative estimate of drug-likeness (QED) is 0.753. The van der Waals surface area contributed by atoms with Crippen molar-refractivity contribution in [1.82, 2.24) is 5.32 Å². The number of esters is 1. The molecule has 96 valence electrons. The third-order valence-electron chi connectivity index (χ3n) is 2.94. The van der Waals surface area contributed by atoms with Crippen LogP contribution in [0.15, 0.2) is 0 Å². The Labute approximate surface area is 99.9 Å². The van der Waals surface area contributed by atoms with Crippen LogP contribution in [0.25, 0.3) is 0 Å². The van der Waals surface area contributed by atoms with Gasteiger partial charge >= 0.3 is 5.97 Å². The molecule has 0 aromatic heterocycles. The minimum atomic E-state index is -0.0288. The second-order valence-corrected chi connectivity index (χ2v) is 4.03. The highest BCUT2D eigenvalue weighted by Gasteiger charge is 2.26. The number of carbonyl (C=O) groups excluding carboxylic acids is 1. The Bertz CT molecular complexity index is 175. The Hall–Kier alpha value is -0.570. The summed E-state index contributed by atoms with van der Waals surface area (Å²) in [6, 6.07) is 0.621. The summed E-state index contributed by atoms with van der Waals surface area (Å²) < 4.78 is 4.75. The average Bonchev–Trinajstić information content (AvgIpc) is 2.38. The Morgan fingerprint density at radius 3 is 2.25 bits per heavy atom. The number of nitrogens with one attached hydrogen (secondary N) is 1. The molecule has 3 heteroatoms. The highest BCUT2D eigenvalue weighted by Crippen LogP contribution is 2.25. The maximum absolute atomic E-state index is 11.2. The maximum atomic E-state index is 11.2. The van der Waals surface area contributed by atoms with Crippen LogP contribution < -0.4 is 5.32 Å². The zero-order chi connectivity index (χ0) is 12.4. The second-order valence-electron chi connectivity index (χ2n) is 4.03. The number of rotatable bonds is 4. The average molecular weight is 229 g/mol. The van der Waals surface area contributed by atoms with E-state index >= 15 is 0 Å². The van der Waals surface area contributed by atoms with Crippen LogP contribution in [0.1, 0.15) is 52.9 Å². The molecule has 0 saturated heterocycles. The molecule has 0 heterocycles. The first kappa shape index (κ1) is 15.4. The molecule has 0 atom stereocenters. The zero-order valence-electron chi connectivity index (χ0n) is 11.2. The maximum Gasteiger partial charge on any atom is 0.308 e. The molecule has 1 rings (SSSR count). The fraction of sp³-hybridized carbons (Fsp3) is 0.923. The van der Waals surface area contributed by atoms with Crippen LogP contribution in [0, 0.1) is 5.92 Å². The lowest BCUT2D eigenvalue weighted by molar-refractivity contribution is -0.146. The van der Waals surface area contributed by atoms with Gasteiger partial charge in [-0.15, -0.1) is 0 Å². The summed E-state index contributed by atoms with van der Waals surface area (Å²) in [5, 5.41) is 3.50.